The number of nitrogen functional groups attached to an aromatic ring is 1. The molecule has 108 valence electrons. The summed E-state index contributed by atoms with van der Waals surface area (Å²) < 4.78 is 0.989. The van der Waals surface area contributed by atoms with Gasteiger partial charge in [-0.2, -0.15) is 0 Å². The average Bonchev–Trinajstić information content (AvgIpc) is 2.76. The van der Waals surface area contributed by atoms with Gasteiger partial charge in [-0.15, -0.1) is 11.3 Å². The molecule has 0 saturated heterocycles. The van der Waals surface area contributed by atoms with E-state index in [2.05, 4.69) is 12.2 Å². The molecule has 1 amide bonds. The van der Waals surface area contributed by atoms with Crippen molar-refractivity contribution in [1.82, 2.24) is 5.32 Å². The first kappa shape index (κ1) is 15.1. The van der Waals surface area contributed by atoms with E-state index in [0.717, 1.165) is 22.9 Å². The highest BCUT2D eigenvalue weighted by Gasteiger charge is 2.16. The smallest absolute Gasteiger partial charge is 0.263 e. The summed E-state index contributed by atoms with van der Waals surface area (Å²) in [6.45, 7) is 2.87. The number of hydrogen-bond acceptors (Lipinski definition) is 3. The van der Waals surface area contributed by atoms with Crippen LogP contribution in [-0.4, -0.2) is 12.5 Å². The van der Waals surface area contributed by atoms with Gasteiger partial charge in [0.2, 0.25) is 0 Å². The molecule has 0 aliphatic heterocycles. The fourth-order valence-electron chi connectivity index (χ4n) is 2.09. The van der Waals surface area contributed by atoms with Crippen molar-refractivity contribution in [3.8, 4) is 0 Å². The lowest BCUT2D eigenvalue weighted by Crippen LogP contribution is -2.24. The van der Waals surface area contributed by atoms with Crippen molar-refractivity contribution >= 4 is 44.6 Å². The summed E-state index contributed by atoms with van der Waals surface area (Å²) in [4.78, 5) is 12.7. The average molecular weight is 311 g/mol. The molecule has 0 aliphatic carbocycles. The van der Waals surface area contributed by atoms with Gasteiger partial charge in [0.1, 0.15) is 4.88 Å². The third-order valence-electron chi connectivity index (χ3n) is 3.21. The van der Waals surface area contributed by atoms with Gasteiger partial charge in [-0.05, 0) is 24.6 Å². The second-order valence-electron chi connectivity index (χ2n) is 4.80. The number of rotatable bonds is 6. The van der Waals surface area contributed by atoms with E-state index in [1.54, 1.807) is 6.07 Å². The Labute approximate surface area is 128 Å². The topological polar surface area (TPSA) is 55.1 Å². The van der Waals surface area contributed by atoms with E-state index in [1.807, 2.05) is 12.1 Å². The first-order valence-electron chi connectivity index (χ1n) is 6.89. The number of thiophene rings is 1. The van der Waals surface area contributed by atoms with E-state index in [-0.39, 0.29) is 5.91 Å². The van der Waals surface area contributed by atoms with Crippen molar-refractivity contribution in [3.05, 3.63) is 28.1 Å². The van der Waals surface area contributed by atoms with Gasteiger partial charge in [0.25, 0.3) is 5.91 Å². The Morgan fingerprint density at radius 2 is 2.15 bits per heavy atom. The minimum atomic E-state index is -0.0867. The first-order valence-corrected chi connectivity index (χ1v) is 8.08. The van der Waals surface area contributed by atoms with Crippen molar-refractivity contribution in [2.24, 2.45) is 0 Å². The molecule has 20 heavy (non-hydrogen) atoms. The zero-order chi connectivity index (χ0) is 14.5. The molecular formula is C15H19ClN2OS. The zero-order valence-corrected chi connectivity index (χ0v) is 13.1. The molecule has 0 radical (unpaired) electrons. The number of nitrogens with two attached hydrogens (primary N) is 1. The van der Waals surface area contributed by atoms with Crippen molar-refractivity contribution in [2.75, 3.05) is 12.3 Å². The van der Waals surface area contributed by atoms with Gasteiger partial charge in [-0.1, -0.05) is 37.8 Å². The van der Waals surface area contributed by atoms with Gasteiger partial charge >= 0.3 is 0 Å². The number of benzene rings is 1. The standard InChI is InChI=1S/C15H19ClN2OS/c1-2-3-4-5-8-18-15(19)14-13(17)11-9-10(16)6-7-12(11)20-14/h6-7,9H,2-5,8,17H2,1H3,(H,18,19). The maximum absolute atomic E-state index is 12.1. The summed E-state index contributed by atoms with van der Waals surface area (Å²) >= 11 is 7.37. The first-order chi connectivity index (χ1) is 9.63. The lowest BCUT2D eigenvalue weighted by Gasteiger charge is -2.04. The fraction of sp³-hybridized carbons (Fsp3) is 0.400. The molecular weight excluding hydrogens is 292 g/mol. The minimum Gasteiger partial charge on any atom is -0.397 e. The van der Waals surface area contributed by atoms with Crippen LogP contribution in [0.25, 0.3) is 10.1 Å². The van der Waals surface area contributed by atoms with Crippen LogP contribution in [0.15, 0.2) is 18.2 Å². The van der Waals surface area contributed by atoms with Crippen molar-refractivity contribution < 1.29 is 4.79 Å². The van der Waals surface area contributed by atoms with E-state index in [0.29, 0.717) is 22.1 Å². The monoisotopic (exact) mass is 310 g/mol. The summed E-state index contributed by atoms with van der Waals surface area (Å²) in [6.07, 6.45) is 4.56. The maximum Gasteiger partial charge on any atom is 0.263 e. The van der Waals surface area contributed by atoms with Crippen LogP contribution in [0.3, 0.4) is 0 Å². The predicted molar refractivity (Wildman–Crippen MR) is 87.7 cm³/mol. The van der Waals surface area contributed by atoms with Crippen LogP contribution in [-0.2, 0) is 0 Å². The van der Waals surface area contributed by atoms with Gasteiger partial charge in [0, 0.05) is 21.7 Å². The van der Waals surface area contributed by atoms with E-state index < -0.39 is 0 Å². The molecule has 1 heterocycles. The second-order valence-corrected chi connectivity index (χ2v) is 6.29. The summed E-state index contributed by atoms with van der Waals surface area (Å²) in [5, 5.41) is 4.43. The molecule has 0 bridgehead atoms. The highest BCUT2D eigenvalue weighted by molar-refractivity contribution is 7.21. The number of fused-ring (bicyclic) bond motifs is 1. The van der Waals surface area contributed by atoms with Crippen molar-refractivity contribution in [3.63, 3.8) is 0 Å². The maximum atomic E-state index is 12.1. The molecule has 5 heteroatoms. The number of anilines is 1. The molecule has 0 aliphatic rings. The summed E-state index contributed by atoms with van der Waals surface area (Å²) in [7, 11) is 0. The molecule has 3 nitrogen and oxygen atoms in total. The van der Waals surface area contributed by atoms with Crippen LogP contribution >= 0.6 is 22.9 Å². The lowest BCUT2D eigenvalue weighted by molar-refractivity contribution is 0.0958. The Morgan fingerprint density at radius 3 is 2.90 bits per heavy atom. The Morgan fingerprint density at radius 1 is 1.35 bits per heavy atom. The third kappa shape index (κ3) is 3.44. The number of carbonyl (C=O) groups excluding carboxylic acids is 1. The van der Waals surface area contributed by atoms with E-state index in [4.69, 9.17) is 17.3 Å². The van der Waals surface area contributed by atoms with Crippen LogP contribution in [0.2, 0.25) is 5.02 Å². The van der Waals surface area contributed by atoms with Crippen molar-refractivity contribution in [1.29, 1.82) is 0 Å². The molecule has 2 aromatic rings. The van der Waals surface area contributed by atoms with Crippen LogP contribution in [0.1, 0.15) is 42.3 Å². The fourth-order valence-corrected chi connectivity index (χ4v) is 3.28. The molecule has 1 aromatic carbocycles. The lowest BCUT2D eigenvalue weighted by atomic mass is 10.2. The van der Waals surface area contributed by atoms with Crippen molar-refractivity contribution in [2.45, 2.75) is 32.6 Å². The number of amides is 1. The summed E-state index contributed by atoms with van der Waals surface area (Å²) in [5.74, 6) is -0.0867. The Kier molecular flexibility index (Phi) is 5.26. The quantitative estimate of drug-likeness (QED) is 0.775. The normalized spacial score (nSPS) is 10.9. The molecule has 0 spiro atoms. The van der Waals surface area contributed by atoms with Gasteiger partial charge in [-0.3, -0.25) is 4.79 Å². The van der Waals surface area contributed by atoms with Gasteiger partial charge in [-0.25, -0.2) is 0 Å². The van der Waals surface area contributed by atoms with Crippen LogP contribution in [0.4, 0.5) is 5.69 Å². The van der Waals surface area contributed by atoms with E-state index in [9.17, 15) is 4.79 Å². The summed E-state index contributed by atoms with van der Waals surface area (Å²) in [6, 6.07) is 5.52. The van der Waals surface area contributed by atoms with E-state index in [1.165, 1.54) is 24.2 Å². The Hall–Kier alpha value is -1.26. The number of unbranched alkanes of at least 4 members (excludes halogenated alkanes) is 3. The Balaban J connectivity index is 2.05. The third-order valence-corrected chi connectivity index (χ3v) is 4.63. The second kappa shape index (κ2) is 6.95. The predicted octanol–water partition coefficient (Wildman–Crippen LogP) is 4.45. The van der Waals surface area contributed by atoms with Crippen LogP contribution < -0.4 is 11.1 Å². The Bertz CT molecular complexity index is 609. The molecule has 0 fully saturated rings. The highest BCUT2D eigenvalue weighted by atomic mass is 35.5. The molecule has 1 aromatic heterocycles. The number of carbonyl (C=O) groups is 1. The van der Waals surface area contributed by atoms with Crippen LogP contribution in [0, 0.1) is 0 Å². The highest BCUT2D eigenvalue weighted by Crippen LogP contribution is 2.35. The minimum absolute atomic E-state index is 0.0867. The number of halogens is 1. The zero-order valence-electron chi connectivity index (χ0n) is 11.5. The van der Waals surface area contributed by atoms with Gasteiger partial charge < -0.3 is 11.1 Å². The molecule has 0 atom stereocenters. The van der Waals surface area contributed by atoms with Gasteiger partial charge in [0.05, 0.1) is 5.69 Å². The molecule has 3 N–H and O–H groups in total. The largest absolute Gasteiger partial charge is 0.397 e. The molecule has 2 rings (SSSR count). The van der Waals surface area contributed by atoms with Crippen LogP contribution in [0.5, 0.6) is 0 Å². The molecule has 0 saturated carbocycles. The SMILES string of the molecule is CCCCCCNC(=O)c1sc2ccc(Cl)cc2c1N. The summed E-state index contributed by atoms with van der Waals surface area (Å²) in [5.41, 5.74) is 6.58. The molecule has 0 unspecified atom stereocenters. The number of hydrogen-bond donors (Lipinski definition) is 2. The number of nitrogens with one attached hydrogen (secondary N) is 1. The van der Waals surface area contributed by atoms with Gasteiger partial charge in [0.15, 0.2) is 0 Å². The van der Waals surface area contributed by atoms with E-state index >= 15 is 0 Å².